The van der Waals surface area contributed by atoms with Crippen LogP contribution in [0.5, 0.6) is 5.75 Å². The van der Waals surface area contributed by atoms with E-state index in [-0.39, 0.29) is 29.2 Å². The fourth-order valence-corrected chi connectivity index (χ4v) is 4.90. The van der Waals surface area contributed by atoms with Crippen molar-refractivity contribution < 1.29 is 27.5 Å². The van der Waals surface area contributed by atoms with Crippen molar-refractivity contribution in [1.82, 2.24) is 20.1 Å². The van der Waals surface area contributed by atoms with Gasteiger partial charge in [-0.25, -0.2) is 9.67 Å². The molecular formula is C25H20F3N5O3. The minimum atomic E-state index is -4.44. The smallest absolute Gasteiger partial charge is 0.422 e. The number of ether oxygens (including phenoxy) is 1. The van der Waals surface area contributed by atoms with Crippen molar-refractivity contribution in [3.8, 4) is 17.6 Å². The molecule has 11 heteroatoms. The first-order chi connectivity index (χ1) is 17.1. The molecule has 0 bridgehead atoms. The summed E-state index contributed by atoms with van der Waals surface area (Å²) in [5, 5.41) is 16.7. The lowest BCUT2D eigenvalue weighted by Crippen LogP contribution is -2.50. The van der Waals surface area contributed by atoms with E-state index < -0.39 is 24.2 Å². The van der Waals surface area contributed by atoms with Crippen molar-refractivity contribution in [1.29, 1.82) is 5.26 Å². The first-order valence-corrected chi connectivity index (χ1v) is 11.3. The van der Waals surface area contributed by atoms with Crippen LogP contribution < -0.4 is 10.1 Å². The number of nitrogens with zero attached hydrogens (tertiary/aromatic N) is 4. The van der Waals surface area contributed by atoms with E-state index in [1.54, 1.807) is 31.2 Å². The zero-order valence-corrected chi connectivity index (χ0v) is 19.1. The normalized spacial score (nSPS) is 18.4. The first kappa shape index (κ1) is 23.5. The van der Waals surface area contributed by atoms with Crippen molar-refractivity contribution in [2.24, 2.45) is 0 Å². The number of nitrogens with one attached hydrogen (secondary N) is 1. The van der Waals surface area contributed by atoms with Crippen LogP contribution >= 0.6 is 0 Å². The van der Waals surface area contributed by atoms with E-state index in [2.05, 4.69) is 15.4 Å². The van der Waals surface area contributed by atoms with Gasteiger partial charge in [-0.3, -0.25) is 9.59 Å². The number of carbonyl (C=O) groups excluding carboxylic acids is 2. The Hall–Kier alpha value is -4.20. The molecule has 1 N–H and O–H groups in total. The van der Waals surface area contributed by atoms with Crippen LogP contribution in [0.1, 0.15) is 63.0 Å². The number of rotatable bonds is 5. The van der Waals surface area contributed by atoms with Gasteiger partial charge in [0, 0.05) is 19.0 Å². The van der Waals surface area contributed by atoms with Gasteiger partial charge in [-0.2, -0.15) is 23.5 Å². The number of ketones is 1. The Labute approximate surface area is 203 Å². The molecular weight excluding hydrogens is 475 g/mol. The maximum atomic E-state index is 13.4. The number of halogens is 3. The Balaban J connectivity index is 1.53. The first-order valence-electron chi connectivity index (χ1n) is 11.3. The van der Waals surface area contributed by atoms with Crippen molar-refractivity contribution in [2.75, 3.05) is 6.61 Å². The summed E-state index contributed by atoms with van der Waals surface area (Å²) >= 11 is 0. The molecule has 1 amide bonds. The van der Waals surface area contributed by atoms with Gasteiger partial charge < -0.3 is 10.1 Å². The number of aromatic nitrogens is 3. The van der Waals surface area contributed by atoms with Gasteiger partial charge in [0.1, 0.15) is 17.5 Å². The molecule has 0 radical (unpaired) electrons. The summed E-state index contributed by atoms with van der Waals surface area (Å²) in [5.41, 5.74) is 1.88. The monoisotopic (exact) mass is 495 g/mol. The Bertz CT molecular complexity index is 1420. The van der Waals surface area contributed by atoms with Gasteiger partial charge in [-0.05, 0) is 48.2 Å². The molecule has 1 spiro atoms. The van der Waals surface area contributed by atoms with Gasteiger partial charge in [-0.1, -0.05) is 13.0 Å². The third-order valence-corrected chi connectivity index (χ3v) is 6.50. The standard InChI is InChI=1S/C25H20F3N5O3/c1-2-19(34)22-21-18(32-33(22)20-6-3-14(11-29)12-30-20)10-24(31-23(21)35)8-7-15-9-16(4-5-17(15)24)36-13-25(26,27)28/h3-6,9,12H,2,7-8,10,13H2,1H3,(H,31,35)/t24-/m0/s1. The summed E-state index contributed by atoms with van der Waals surface area (Å²) in [5.74, 6) is -0.309. The number of Topliss-reactive ketones (excluding diaryl/α,β-unsaturated/α-hetero) is 1. The van der Waals surface area contributed by atoms with Crippen LogP contribution in [0.3, 0.4) is 0 Å². The molecule has 1 atom stereocenters. The molecule has 184 valence electrons. The maximum Gasteiger partial charge on any atom is 0.422 e. The maximum absolute atomic E-state index is 13.4. The lowest BCUT2D eigenvalue weighted by atomic mass is 9.82. The molecule has 1 aromatic carbocycles. The van der Waals surface area contributed by atoms with E-state index in [1.807, 2.05) is 6.07 Å². The average molecular weight is 495 g/mol. The lowest BCUT2D eigenvalue weighted by Gasteiger charge is -2.35. The van der Waals surface area contributed by atoms with E-state index >= 15 is 0 Å². The quantitative estimate of drug-likeness (QED) is 0.540. The second kappa shape index (κ2) is 8.48. The number of amides is 1. The van der Waals surface area contributed by atoms with E-state index in [4.69, 9.17) is 10.00 Å². The van der Waals surface area contributed by atoms with Gasteiger partial charge in [0.05, 0.1) is 22.4 Å². The van der Waals surface area contributed by atoms with Gasteiger partial charge in [0.25, 0.3) is 5.91 Å². The summed E-state index contributed by atoms with van der Waals surface area (Å²) in [7, 11) is 0. The Kier molecular flexibility index (Phi) is 5.54. The number of carbonyl (C=O) groups is 2. The minimum absolute atomic E-state index is 0.109. The summed E-state index contributed by atoms with van der Waals surface area (Å²) in [6.07, 6.45) is -1.57. The number of fused-ring (bicyclic) bond motifs is 3. The van der Waals surface area contributed by atoms with Gasteiger partial charge in [0.2, 0.25) is 0 Å². The largest absolute Gasteiger partial charge is 0.484 e. The molecule has 36 heavy (non-hydrogen) atoms. The Morgan fingerprint density at radius 2 is 2.11 bits per heavy atom. The fourth-order valence-electron chi connectivity index (χ4n) is 4.90. The Morgan fingerprint density at radius 3 is 2.78 bits per heavy atom. The van der Waals surface area contributed by atoms with Crippen LogP contribution in [-0.2, 0) is 18.4 Å². The summed E-state index contributed by atoms with van der Waals surface area (Å²) in [4.78, 5) is 30.5. The second-order valence-corrected chi connectivity index (χ2v) is 8.81. The summed E-state index contributed by atoms with van der Waals surface area (Å²) in [6.45, 7) is 0.304. The van der Waals surface area contributed by atoms with E-state index in [0.717, 1.165) is 11.1 Å². The van der Waals surface area contributed by atoms with Gasteiger partial charge in [0.15, 0.2) is 18.2 Å². The van der Waals surface area contributed by atoms with E-state index in [0.29, 0.717) is 36.3 Å². The van der Waals surface area contributed by atoms with Gasteiger partial charge in [-0.15, -0.1) is 0 Å². The molecule has 0 unspecified atom stereocenters. The molecule has 0 fully saturated rings. The molecule has 1 aliphatic heterocycles. The number of nitriles is 1. The van der Waals surface area contributed by atoms with Crippen molar-refractivity contribution in [3.05, 3.63) is 70.2 Å². The topological polar surface area (TPSA) is 110 Å². The SMILES string of the molecule is CCC(=O)c1c2c(nn1-c1ccc(C#N)cn1)C[C@]1(CCc3cc(OCC(F)(F)F)ccc31)NC2=O. The third-order valence-electron chi connectivity index (χ3n) is 6.50. The van der Waals surface area contributed by atoms with Crippen LogP contribution in [0.15, 0.2) is 36.5 Å². The van der Waals surface area contributed by atoms with Crippen molar-refractivity contribution in [3.63, 3.8) is 0 Å². The number of benzene rings is 1. The minimum Gasteiger partial charge on any atom is -0.484 e. The van der Waals surface area contributed by atoms with Crippen LogP contribution in [0.25, 0.3) is 5.82 Å². The predicted octanol–water partition coefficient (Wildman–Crippen LogP) is 3.80. The highest BCUT2D eigenvalue weighted by Gasteiger charge is 2.47. The highest BCUT2D eigenvalue weighted by Crippen LogP contribution is 2.44. The third kappa shape index (κ3) is 3.98. The molecule has 3 heterocycles. The average Bonchev–Trinajstić information content (AvgIpc) is 3.41. The van der Waals surface area contributed by atoms with Crippen molar-refractivity contribution in [2.45, 2.75) is 44.3 Å². The predicted molar refractivity (Wildman–Crippen MR) is 120 cm³/mol. The molecule has 1 aliphatic carbocycles. The van der Waals surface area contributed by atoms with Crippen LogP contribution in [-0.4, -0.2) is 39.2 Å². The molecule has 8 nitrogen and oxygen atoms in total. The number of hydrogen-bond donors (Lipinski definition) is 1. The highest BCUT2D eigenvalue weighted by atomic mass is 19.4. The molecule has 0 saturated carbocycles. The molecule has 5 rings (SSSR count). The summed E-state index contributed by atoms with van der Waals surface area (Å²) in [6, 6.07) is 9.81. The second-order valence-electron chi connectivity index (χ2n) is 8.81. The van der Waals surface area contributed by atoms with E-state index in [1.165, 1.54) is 16.9 Å². The van der Waals surface area contributed by atoms with Crippen LogP contribution in [0.4, 0.5) is 13.2 Å². The molecule has 3 aromatic rings. The van der Waals surface area contributed by atoms with Gasteiger partial charge >= 0.3 is 6.18 Å². The number of aryl methyl sites for hydroxylation is 1. The zero-order chi connectivity index (χ0) is 25.7. The number of alkyl halides is 3. The molecule has 0 saturated heterocycles. The Morgan fingerprint density at radius 1 is 1.31 bits per heavy atom. The molecule has 2 aliphatic rings. The number of hydrogen-bond acceptors (Lipinski definition) is 6. The summed E-state index contributed by atoms with van der Waals surface area (Å²) < 4.78 is 43.8. The lowest BCUT2D eigenvalue weighted by molar-refractivity contribution is -0.153. The van der Waals surface area contributed by atoms with E-state index in [9.17, 15) is 22.8 Å². The van der Waals surface area contributed by atoms with Crippen LogP contribution in [0.2, 0.25) is 0 Å². The zero-order valence-electron chi connectivity index (χ0n) is 19.1. The van der Waals surface area contributed by atoms with Crippen LogP contribution in [0, 0.1) is 11.3 Å². The fraction of sp³-hybridized carbons (Fsp3) is 0.320. The number of pyridine rings is 1. The highest BCUT2D eigenvalue weighted by molar-refractivity contribution is 6.09. The molecule has 2 aromatic heterocycles. The van der Waals surface area contributed by atoms with Crippen molar-refractivity contribution >= 4 is 11.7 Å².